The predicted octanol–water partition coefficient (Wildman–Crippen LogP) is 2.04. The number of anilines is 1. The average molecular weight is 368 g/mol. The van der Waals surface area contributed by atoms with Gasteiger partial charge in [0, 0.05) is 38.1 Å². The van der Waals surface area contributed by atoms with E-state index in [4.69, 9.17) is 4.74 Å². The van der Waals surface area contributed by atoms with Crippen LogP contribution < -0.4 is 9.64 Å². The molecule has 1 aliphatic rings. The van der Waals surface area contributed by atoms with Crippen LogP contribution in [0.4, 0.5) is 5.82 Å². The fraction of sp³-hybridized carbons (Fsp3) is 0.421. The number of fused-ring (bicyclic) bond motifs is 1. The lowest BCUT2D eigenvalue weighted by Crippen LogP contribution is -2.45. The predicted molar refractivity (Wildman–Crippen MR) is 103 cm³/mol. The summed E-state index contributed by atoms with van der Waals surface area (Å²) in [6, 6.07) is 5.51. The van der Waals surface area contributed by atoms with Gasteiger partial charge in [0.2, 0.25) is 0 Å². The van der Waals surface area contributed by atoms with E-state index in [-0.39, 0.29) is 5.75 Å². The molecule has 1 atom stereocenters. The summed E-state index contributed by atoms with van der Waals surface area (Å²) in [6.07, 6.45) is 5.86. The molecule has 3 aromatic rings. The van der Waals surface area contributed by atoms with Crippen molar-refractivity contribution in [1.82, 2.24) is 24.5 Å². The average Bonchev–Trinajstić information content (AvgIpc) is 3.17. The van der Waals surface area contributed by atoms with Gasteiger partial charge in [-0.3, -0.25) is 4.40 Å². The van der Waals surface area contributed by atoms with E-state index in [0.717, 1.165) is 31.0 Å². The van der Waals surface area contributed by atoms with Crippen LogP contribution in [0, 0.1) is 0 Å². The van der Waals surface area contributed by atoms with Crippen molar-refractivity contribution in [2.45, 2.75) is 18.9 Å². The van der Waals surface area contributed by atoms with Crippen molar-refractivity contribution < 1.29 is 9.84 Å². The number of nitrogens with zero attached hydrogens (tertiary/aromatic N) is 6. The van der Waals surface area contributed by atoms with Gasteiger partial charge in [-0.1, -0.05) is 0 Å². The third kappa shape index (κ3) is 3.16. The van der Waals surface area contributed by atoms with Crippen LogP contribution in [0.25, 0.3) is 17.0 Å². The lowest BCUT2D eigenvalue weighted by Gasteiger charge is -2.36. The Morgan fingerprint density at radius 3 is 2.89 bits per heavy atom. The molecular weight excluding hydrogens is 344 g/mol. The molecule has 1 fully saturated rings. The van der Waals surface area contributed by atoms with E-state index in [9.17, 15) is 5.11 Å². The number of ether oxygens (including phenoxy) is 1. The maximum Gasteiger partial charge on any atom is 0.195 e. The molecule has 1 aromatic carbocycles. The Hall–Kier alpha value is -2.87. The Bertz CT molecular complexity index is 957. The number of aromatic hydroxyl groups is 1. The minimum Gasteiger partial charge on any atom is -0.507 e. The number of hydrogen-bond acceptors (Lipinski definition) is 7. The monoisotopic (exact) mass is 368 g/mol. The third-order valence-corrected chi connectivity index (χ3v) is 5.24. The van der Waals surface area contributed by atoms with Crippen LogP contribution in [-0.2, 0) is 0 Å². The van der Waals surface area contributed by atoms with Gasteiger partial charge in [0.05, 0.1) is 12.7 Å². The number of aromatic nitrogens is 4. The Labute approximate surface area is 158 Å². The smallest absolute Gasteiger partial charge is 0.195 e. The summed E-state index contributed by atoms with van der Waals surface area (Å²) in [4.78, 5) is 9.01. The summed E-state index contributed by atoms with van der Waals surface area (Å²) in [5, 5.41) is 19.3. The van der Waals surface area contributed by atoms with Crippen molar-refractivity contribution in [3.05, 3.63) is 30.6 Å². The molecule has 3 heterocycles. The zero-order valence-corrected chi connectivity index (χ0v) is 15.8. The molecule has 8 nitrogen and oxygen atoms in total. The number of phenols is 1. The lowest BCUT2D eigenvalue weighted by molar-refractivity contribution is 0.247. The van der Waals surface area contributed by atoms with Crippen LogP contribution in [-0.4, -0.2) is 69.9 Å². The molecule has 142 valence electrons. The van der Waals surface area contributed by atoms with Crippen LogP contribution in [0.1, 0.15) is 12.8 Å². The molecule has 0 amide bonds. The van der Waals surface area contributed by atoms with Gasteiger partial charge in [-0.15, -0.1) is 10.2 Å². The number of piperidine rings is 1. The van der Waals surface area contributed by atoms with Crippen LogP contribution in [0.5, 0.6) is 11.5 Å². The molecule has 8 heteroatoms. The molecule has 1 unspecified atom stereocenters. The highest BCUT2D eigenvalue weighted by atomic mass is 16.5. The maximum atomic E-state index is 10.4. The molecular formula is C19H24N6O2. The highest BCUT2D eigenvalue weighted by Crippen LogP contribution is 2.32. The Balaban J connectivity index is 1.75. The Morgan fingerprint density at radius 2 is 2.15 bits per heavy atom. The van der Waals surface area contributed by atoms with Crippen molar-refractivity contribution in [2.24, 2.45) is 0 Å². The summed E-state index contributed by atoms with van der Waals surface area (Å²) < 4.78 is 7.03. The molecule has 27 heavy (non-hydrogen) atoms. The van der Waals surface area contributed by atoms with E-state index in [1.807, 2.05) is 17.6 Å². The number of hydrogen-bond donors (Lipinski definition) is 1. The first-order chi connectivity index (χ1) is 13.1. The van der Waals surface area contributed by atoms with Gasteiger partial charge in [0.25, 0.3) is 0 Å². The third-order valence-electron chi connectivity index (χ3n) is 5.24. The molecule has 0 bridgehead atoms. The molecule has 4 rings (SSSR count). The van der Waals surface area contributed by atoms with E-state index >= 15 is 0 Å². The Morgan fingerprint density at radius 1 is 1.30 bits per heavy atom. The zero-order valence-electron chi connectivity index (χ0n) is 15.8. The first kappa shape index (κ1) is 17.5. The summed E-state index contributed by atoms with van der Waals surface area (Å²) in [7, 11) is 5.76. The van der Waals surface area contributed by atoms with E-state index in [0.29, 0.717) is 23.2 Å². The highest BCUT2D eigenvalue weighted by Gasteiger charge is 2.25. The van der Waals surface area contributed by atoms with Crippen molar-refractivity contribution in [1.29, 1.82) is 0 Å². The van der Waals surface area contributed by atoms with Crippen LogP contribution in [0.15, 0.2) is 30.6 Å². The van der Waals surface area contributed by atoms with Crippen molar-refractivity contribution >= 4 is 11.5 Å². The maximum absolute atomic E-state index is 10.4. The number of phenolic OH excluding ortho intramolecular Hbond substituents is 1. The van der Waals surface area contributed by atoms with Gasteiger partial charge in [-0.25, -0.2) is 4.98 Å². The van der Waals surface area contributed by atoms with Crippen LogP contribution in [0.3, 0.4) is 0 Å². The molecule has 0 radical (unpaired) electrons. The van der Waals surface area contributed by atoms with Gasteiger partial charge >= 0.3 is 0 Å². The molecule has 1 aliphatic heterocycles. The first-order valence-electron chi connectivity index (χ1n) is 9.07. The number of imidazole rings is 1. The second-order valence-electron chi connectivity index (χ2n) is 7.02. The molecule has 2 aromatic heterocycles. The van der Waals surface area contributed by atoms with Gasteiger partial charge in [-0.05, 0) is 38.6 Å². The number of rotatable bonds is 4. The van der Waals surface area contributed by atoms with Crippen LogP contribution in [0.2, 0.25) is 0 Å². The fourth-order valence-corrected chi connectivity index (χ4v) is 3.70. The lowest BCUT2D eigenvalue weighted by atomic mass is 10.1. The zero-order chi connectivity index (χ0) is 19.0. The van der Waals surface area contributed by atoms with E-state index in [1.54, 1.807) is 31.5 Å². The fourth-order valence-electron chi connectivity index (χ4n) is 3.70. The van der Waals surface area contributed by atoms with E-state index < -0.39 is 0 Å². The number of methoxy groups -OCH3 is 1. The van der Waals surface area contributed by atoms with Gasteiger partial charge in [0.15, 0.2) is 17.3 Å². The second kappa shape index (κ2) is 7.03. The van der Waals surface area contributed by atoms with Crippen molar-refractivity contribution in [3.8, 4) is 22.9 Å². The largest absolute Gasteiger partial charge is 0.507 e. The summed E-state index contributed by atoms with van der Waals surface area (Å²) >= 11 is 0. The second-order valence-corrected chi connectivity index (χ2v) is 7.02. The molecule has 0 aliphatic carbocycles. The first-order valence-corrected chi connectivity index (χ1v) is 9.07. The minimum atomic E-state index is 0.0914. The number of benzene rings is 1. The SMILES string of the molecule is COc1ccc(-c2nnc(N(C)C3CCCN(C)C3)c3nccn23)c(O)c1. The van der Waals surface area contributed by atoms with Crippen molar-refractivity contribution in [3.63, 3.8) is 0 Å². The summed E-state index contributed by atoms with van der Waals surface area (Å²) in [6.45, 7) is 2.12. The topological polar surface area (TPSA) is 79.0 Å². The van der Waals surface area contributed by atoms with E-state index in [2.05, 4.69) is 32.0 Å². The number of likely N-dealkylation sites (tertiary alicyclic amines) is 1. The minimum absolute atomic E-state index is 0.0914. The molecule has 1 N–H and O–H groups in total. The highest BCUT2D eigenvalue weighted by molar-refractivity contribution is 5.72. The molecule has 0 spiro atoms. The summed E-state index contributed by atoms with van der Waals surface area (Å²) in [5.74, 6) is 1.97. The number of likely N-dealkylation sites (N-methyl/N-ethyl adjacent to an activating group) is 2. The molecule has 1 saturated heterocycles. The van der Waals surface area contributed by atoms with Gasteiger partial charge in [-0.2, -0.15) is 0 Å². The standard InChI is InChI=1S/C19H24N6O2/c1-23-9-4-5-13(12-23)24(2)19-18-20-8-10-25(18)17(21-22-19)15-7-6-14(27-3)11-16(15)26/h6-8,10-11,13,26H,4-5,9,12H2,1-3H3. The van der Waals surface area contributed by atoms with Crippen LogP contribution >= 0.6 is 0 Å². The molecule has 0 saturated carbocycles. The Kier molecular flexibility index (Phi) is 4.57. The van der Waals surface area contributed by atoms with Crippen molar-refractivity contribution in [2.75, 3.05) is 39.2 Å². The van der Waals surface area contributed by atoms with E-state index in [1.165, 1.54) is 6.42 Å². The summed E-state index contributed by atoms with van der Waals surface area (Å²) in [5.41, 5.74) is 1.31. The normalized spacial score (nSPS) is 18.0. The van der Waals surface area contributed by atoms with Gasteiger partial charge < -0.3 is 19.6 Å². The van der Waals surface area contributed by atoms with Gasteiger partial charge in [0.1, 0.15) is 11.5 Å². The quantitative estimate of drug-likeness (QED) is 0.755.